The van der Waals surface area contributed by atoms with Gasteiger partial charge in [-0.05, 0) is 38.3 Å². The Morgan fingerprint density at radius 1 is 1.50 bits per heavy atom. The molecule has 3 heterocycles. The molecular weight excluding hydrogens is 278 g/mol. The average molecular weight is 303 g/mol. The molecule has 120 valence electrons. The second-order valence-corrected chi connectivity index (χ2v) is 6.17. The zero-order chi connectivity index (χ0) is 15.4. The minimum Gasteiger partial charge on any atom is -0.469 e. The third-order valence-electron chi connectivity index (χ3n) is 4.28. The van der Waals surface area contributed by atoms with Crippen LogP contribution >= 0.6 is 0 Å². The summed E-state index contributed by atoms with van der Waals surface area (Å²) in [5.74, 6) is 1.05. The summed E-state index contributed by atoms with van der Waals surface area (Å²) in [6, 6.07) is 4.76. The lowest BCUT2D eigenvalue weighted by Gasteiger charge is -2.34. The van der Waals surface area contributed by atoms with Gasteiger partial charge in [0, 0.05) is 43.9 Å². The van der Waals surface area contributed by atoms with Crippen LogP contribution in [0.2, 0.25) is 0 Å². The van der Waals surface area contributed by atoms with Crippen LogP contribution in [0.5, 0.6) is 0 Å². The van der Waals surface area contributed by atoms with Crippen molar-refractivity contribution in [3.63, 3.8) is 0 Å². The smallest absolute Gasteiger partial charge is 0.103 e. The summed E-state index contributed by atoms with van der Waals surface area (Å²) >= 11 is 0. The molecule has 0 radical (unpaired) electrons. The Kier molecular flexibility index (Phi) is 4.95. The Labute approximate surface area is 131 Å². The highest BCUT2D eigenvalue weighted by Gasteiger charge is 2.29. The van der Waals surface area contributed by atoms with Gasteiger partial charge in [0.05, 0.1) is 12.5 Å². The van der Waals surface area contributed by atoms with Crippen molar-refractivity contribution in [2.45, 2.75) is 50.8 Å². The highest BCUT2D eigenvalue weighted by molar-refractivity contribution is 5.12. The molecule has 5 nitrogen and oxygen atoms in total. The SMILES string of the molecule is CC(CCc1ccco1)N[C@H]1CCCO[C@@H]1c1cnn(C)c1. The predicted molar refractivity (Wildman–Crippen MR) is 84.5 cm³/mol. The zero-order valence-corrected chi connectivity index (χ0v) is 13.4. The molecule has 1 saturated heterocycles. The summed E-state index contributed by atoms with van der Waals surface area (Å²) in [5.41, 5.74) is 1.16. The molecule has 0 aliphatic carbocycles. The summed E-state index contributed by atoms with van der Waals surface area (Å²) in [6.45, 7) is 3.07. The number of aryl methyl sites for hydroxylation is 2. The van der Waals surface area contributed by atoms with E-state index in [1.165, 1.54) is 0 Å². The lowest BCUT2D eigenvalue weighted by atomic mass is 9.96. The van der Waals surface area contributed by atoms with Crippen molar-refractivity contribution in [1.29, 1.82) is 0 Å². The highest BCUT2D eigenvalue weighted by atomic mass is 16.5. The van der Waals surface area contributed by atoms with Gasteiger partial charge in [0.1, 0.15) is 11.9 Å². The van der Waals surface area contributed by atoms with E-state index < -0.39 is 0 Å². The average Bonchev–Trinajstić information content (AvgIpc) is 3.17. The van der Waals surface area contributed by atoms with Gasteiger partial charge >= 0.3 is 0 Å². The molecule has 2 aromatic rings. The van der Waals surface area contributed by atoms with Gasteiger partial charge in [0.25, 0.3) is 0 Å². The van der Waals surface area contributed by atoms with Crippen LogP contribution in [-0.4, -0.2) is 28.5 Å². The highest BCUT2D eigenvalue weighted by Crippen LogP contribution is 2.28. The fraction of sp³-hybridized carbons (Fsp3) is 0.588. The van der Waals surface area contributed by atoms with Gasteiger partial charge in [0.2, 0.25) is 0 Å². The molecule has 22 heavy (non-hydrogen) atoms. The van der Waals surface area contributed by atoms with Gasteiger partial charge in [-0.15, -0.1) is 0 Å². The first-order chi connectivity index (χ1) is 10.7. The van der Waals surface area contributed by atoms with Gasteiger partial charge in [-0.25, -0.2) is 0 Å². The molecule has 2 aromatic heterocycles. The fourth-order valence-electron chi connectivity index (χ4n) is 3.13. The van der Waals surface area contributed by atoms with Crippen molar-refractivity contribution in [1.82, 2.24) is 15.1 Å². The van der Waals surface area contributed by atoms with Crippen molar-refractivity contribution >= 4 is 0 Å². The molecule has 1 unspecified atom stereocenters. The molecule has 1 aliphatic rings. The van der Waals surface area contributed by atoms with E-state index >= 15 is 0 Å². The standard InChI is InChI=1S/C17H25N3O2/c1-13(7-8-15-5-3-9-21-15)19-16-6-4-10-22-17(16)14-11-18-20(2)12-14/h3,5,9,11-13,16-17,19H,4,6-8,10H2,1-2H3/t13?,16-,17+/m0/s1. The largest absolute Gasteiger partial charge is 0.469 e. The summed E-state index contributed by atoms with van der Waals surface area (Å²) in [4.78, 5) is 0. The molecule has 3 atom stereocenters. The van der Waals surface area contributed by atoms with E-state index in [2.05, 4.69) is 23.5 Å². The summed E-state index contributed by atoms with van der Waals surface area (Å²) in [7, 11) is 1.95. The lowest BCUT2D eigenvalue weighted by molar-refractivity contribution is -0.0136. The maximum Gasteiger partial charge on any atom is 0.103 e. The molecule has 1 aliphatic heterocycles. The van der Waals surface area contributed by atoms with Gasteiger partial charge < -0.3 is 14.5 Å². The molecule has 0 bridgehead atoms. The van der Waals surface area contributed by atoms with Crippen LogP contribution in [0.4, 0.5) is 0 Å². The van der Waals surface area contributed by atoms with Crippen molar-refractivity contribution in [3.05, 3.63) is 42.1 Å². The molecule has 0 aromatic carbocycles. The van der Waals surface area contributed by atoms with Crippen molar-refractivity contribution < 1.29 is 9.15 Å². The maximum absolute atomic E-state index is 6.01. The van der Waals surface area contributed by atoms with Crippen LogP contribution in [0, 0.1) is 0 Å². The topological polar surface area (TPSA) is 52.2 Å². The second-order valence-electron chi connectivity index (χ2n) is 6.17. The molecule has 0 spiro atoms. The number of aromatic nitrogens is 2. The third-order valence-corrected chi connectivity index (χ3v) is 4.28. The minimum absolute atomic E-state index is 0.105. The van der Waals surface area contributed by atoms with E-state index in [0.29, 0.717) is 12.1 Å². The van der Waals surface area contributed by atoms with E-state index in [1.54, 1.807) is 6.26 Å². The normalized spacial score (nSPS) is 23.5. The first kappa shape index (κ1) is 15.3. The van der Waals surface area contributed by atoms with Crippen LogP contribution in [-0.2, 0) is 18.2 Å². The number of rotatable bonds is 6. The van der Waals surface area contributed by atoms with Crippen LogP contribution in [0.15, 0.2) is 35.2 Å². The van der Waals surface area contributed by atoms with Crippen LogP contribution in [0.3, 0.4) is 0 Å². The minimum atomic E-state index is 0.105. The van der Waals surface area contributed by atoms with Crippen LogP contribution in [0.25, 0.3) is 0 Å². The van der Waals surface area contributed by atoms with Crippen LogP contribution < -0.4 is 5.32 Å². The van der Waals surface area contributed by atoms with Crippen molar-refractivity contribution in [2.75, 3.05) is 6.61 Å². The number of nitrogens with one attached hydrogen (secondary N) is 1. The van der Waals surface area contributed by atoms with Gasteiger partial charge in [-0.3, -0.25) is 4.68 Å². The number of hydrogen-bond acceptors (Lipinski definition) is 4. The van der Waals surface area contributed by atoms with E-state index in [4.69, 9.17) is 9.15 Å². The Morgan fingerprint density at radius 3 is 3.14 bits per heavy atom. The van der Waals surface area contributed by atoms with Crippen LogP contribution in [0.1, 0.15) is 43.6 Å². The molecule has 5 heteroatoms. The quantitative estimate of drug-likeness (QED) is 0.891. The summed E-state index contributed by atoms with van der Waals surface area (Å²) < 4.78 is 13.2. The molecule has 3 rings (SSSR count). The molecule has 0 amide bonds. The van der Waals surface area contributed by atoms with E-state index in [9.17, 15) is 0 Å². The Hall–Kier alpha value is -1.59. The Balaban J connectivity index is 1.56. The lowest BCUT2D eigenvalue weighted by Crippen LogP contribution is -2.43. The number of hydrogen-bond donors (Lipinski definition) is 1. The first-order valence-corrected chi connectivity index (χ1v) is 8.11. The molecule has 0 saturated carbocycles. The van der Waals surface area contributed by atoms with Gasteiger partial charge in [0.15, 0.2) is 0 Å². The predicted octanol–water partition coefficient (Wildman–Crippen LogP) is 2.84. The van der Waals surface area contributed by atoms with Crippen molar-refractivity contribution in [2.24, 2.45) is 7.05 Å². The summed E-state index contributed by atoms with van der Waals surface area (Å²) in [6.07, 6.45) is 10.1. The van der Waals surface area contributed by atoms with Crippen molar-refractivity contribution in [3.8, 4) is 0 Å². The van der Waals surface area contributed by atoms with Gasteiger partial charge in [-0.2, -0.15) is 5.10 Å². The Morgan fingerprint density at radius 2 is 2.41 bits per heavy atom. The number of ether oxygens (including phenoxy) is 1. The third kappa shape index (κ3) is 3.78. The first-order valence-electron chi connectivity index (χ1n) is 8.11. The monoisotopic (exact) mass is 303 g/mol. The Bertz CT molecular complexity index is 564. The van der Waals surface area contributed by atoms with E-state index in [-0.39, 0.29) is 6.10 Å². The zero-order valence-electron chi connectivity index (χ0n) is 13.4. The number of furan rings is 1. The van der Waals surface area contributed by atoms with E-state index in [0.717, 1.165) is 43.6 Å². The fourth-order valence-corrected chi connectivity index (χ4v) is 3.13. The number of nitrogens with zero attached hydrogens (tertiary/aromatic N) is 2. The summed E-state index contributed by atoms with van der Waals surface area (Å²) in [5, 5.41) is 8.01. The van der Waals surface area contributed by atoms with E-state index in [1.807, 2.05) is 30.1 Å². The molecule has 1 N–H and O–H groups in total. The van der Waals surface area contributed by atoms with Gasteiger partial charge in [-0.1, -0.05) is 0 Å². The molecular formula is C17H25N3O2. The molecule has 1 fully saturated rings. The maximum atomic E-state index is 6.01. The second kappa shape index (κ2) is 7.11.